The number of rotatable bonds is 3. The highest BCUT2D eigenvalue weighted by molar-refractivity contribution is 5.98. The zero-order valence-electron chi connectivity index (χ0n) is 12.3. The fourth-order valence-corrected chi connectivity index (χ4v) is 3.04. The topological polar surface area (TPSA) is 86.5 Å². The van der Waals surface area contributed by atoms with Gasteiger partial charge in [0.25, 0.3) is 5.91 Å². The summed E-state index contributed by atoms with van der Waals surface area (Å²) in [6.45, 7) is 2.04. The van der Waals surface area contributed by atoms with Crippen molar-refractivity contribution in [2.45, 2.75) is 31.7 Å². The minimum absolute atomic E-state index is 0.107. The van der Waals surface area contributed by atoms with Crippen LogP contribution >= 0.6 is 0 Å². The molecule has 2 heterocycles. The molecule has 0 saturated heterocycles. The first kappa shape index (κ1) is 13.1. The standard InChI is InChI=1S/C16H17N5O/c1-10-3-4-11-8-13(19-12(11)7-10)14(22)20-16(5-2-6-16)15-17-9-18-21-15/h3-4,7-9,19H,2,5-6H2,1H3,(H,20,22)(H,17,18,21). The molecule has 0 spiro atoms. The Labute approximate surface area is 127 Å². The van der Waals surface area contributed by atoms with Gasteiger partial charge in [0.15, 0.2) is 0 Å². The third kappa shape index (κ3) is 1.99. The van der Waals surface area contributed by atoms with Crippen LogP contribution in [0.15, 0.2) is 30.6 Å². The number of nitrogens with one attached hydrogen (secondary N) is 3. The van der Waals surface area contributed by atoms with Crippen LogP contribution in [0.3, 0.4) is 0 Å². The highest BCUT2D eigenvalue weighted by atomic mass is 16.2. The molecular formula is C16H17N5O. The number of aryl methyl sites for hydroxylation is 1. The molecule has 0 atom stereocenters. The zero-order chi connectivity index (χ0) is 15.2. The van der Waals surface area contributed by atoms with E-state index in [1.165, 1.54) is 11.9 Å². The van der Waals surface area contributed by atoms with Crippen LogP contribution in [0.1, 0.15) is 41.1 Å². The third-order valence-corrected chi connectivity index (χ3v) is 4.45. The number of hydrogen-bond donors (Lipinski definition) is 3. The fraction of sp³-hybridized carbons (Fsp3) is 0.312. The van der Waals surface area contributed by atoms with E-state index in [1.54, 1.807) is 0 Å². The van der Waals surface area contributed by atoms with E-state index >= 15 is 0 Å². The lowest BCUT2D eigenvalue weighted by atomic mass is 9.76. The third-order valence-electron chi connectivity index (χ3n) is 4.45. The van der Waals surface area contributed by atoms with Gasteiger partial charge in [-0.25, -0.2) is 4.98 Å². The number of carbonyl (C=O) groups excluding carboxylic acids is 1. The Balaban J connectivity index is 1.63. The molecule has 6 nitrogen and oxygen atoms in total. The van der Waals surface area contributed by atoms with Crippen molar-refractivity contribution < 1.29 is 4.79 Å². The van der Waals surface area contributed by atoms with Crippen molar-refractivity contribution in [3.63, 3.8) is 0 Å². The average molecular weight is 295 g/mol. The summed E-state index contributed by atoms with van der Waals surface area (Å²) in [5.41, 5.74) is 2.32. The van der Waals surface area contributed by atoms with E-state index < -0.39 is 5.54 Å². The van der Waals surface area contributed by atoms with E-state index in [-0.39, 0.29) is 5.91 Å². The number of carbonyl (C=O) groups is 1. The summed E-state index contributed by atoms with van der Waals surface area (Å²) < 4.78 is 0. The number of amides is 1. The first-order valence-electron chi connectivity index (χ1n) is 7.44. The highest BCUT2D eigenvalue weighted by Crippen LogP contribution is 2.39. The second-order valence-corrected chi connectivity index (χ2v) is 6.00. The Morgan fingerprint density at radius 3 is 2.86 bits per heavy atom. The molecule has 1 aromatic carbocycles. The first-order valence-corrected chi connectivity index (χ1v) is 7.44. The maximum absolute atomic E-state index is 12.6. The summed E-state index contributed by atoms with van der Waals surface area (Å²) in [4.78, 5) is 20.0. The quantitative estimate of drug-likeness (QED) is 0.693. The van der Waals surface area contributed by atoms with Gasteiger partial charge in [-0.2, -0.15) is 5.10 Å². The fourth-order valence-electron chi connectivity index (χ4n) is 3.04. The monoisotopic (exact) mass is 295 g/mol. The van der Waals surface area contributed by atoms with Crippen molar-refractivity contribution in [3.8, 4) is 0 Å². The van der Waals surface area contributed by atoms with Crippen molar-refractivity contribution >= 4 is 16.8 Å². The lowest BCUT2D eigenvalue weighted by Crippen LogP contribution is -2.51. The smallest absolute Gasteiger partial charge is 0.268 e. The van der Waals surface area contributed by atoms with E-state index in [0.717, 1.165) is 36.0 Å². The molecule has 112 valence electrons. The summed E-state index contributed by atoms with van der Waals surface area (Å²) in [7, 11) is 0. The van der Waals surface area contributed by atoms with Crippen molar-refractivity contribution in [2.24, 2.45) is 0 Å². The van der Waals surface area contributed by atoms with Gasteiger partial charge in [-0.3, -0.25) is 9.89 Å². The Bertz CT molecular complexity index is 829. The van der Waals surface area contributed by atoms with E-state index in [9.17, 15) is 4.79 Å². The molecule has 0 bridgehead atoms. The molecule has 0 unspecified atom stereocenters. The number of hydrogen-bond acceptors (Lipinski definition) is 3. The Morgan fingerprint density at radius 1 is 1.32 bits per heavy atom. The second-order valence-electron chi connectivity index (χ2n) is 6.00. The molecule has 1 aliphatic carbocycles. The van der Waals surface area contributed by atoms with Gasteiger partial charge >= 0.3 is 0 Å². The van der Waals surface area contributed by atoms with Crippen LogP contribution in [0.2, 0.25) is 0 Å². The number of nitrogens with zero attached hydrogens (tertiary/aromatic N) is 2. The van der Waals surface area contributed by atoms with E-state index in [0.29, 0.717) is 5.69 Å². The molecule has 22 heavy (non-hydrogen) atoms. The van der Waals surface area contributed by atoms with E-state index in [1.807, 2.05) is 31.2 Å². The molecule has 4 rings (SSSR count). The van der Waals surface area contributed by atoms with Gasteiger partial charge in [0.2, 0.25) is 0 Å². The first-order chi connectivity index (χ1) is 10.7. The van der Waals surface area contributed by atoms with Crippen LogP contribution in [0.4, 0.5) is 0 Å². The molecule has 1 fully saturated rings. The SMILES string of the molecule is Cc1ccc2cc(C(=O)NC3(c4ncn[nH]4)CCC3)[nH]c2c1. The normalized spacial score (nSPS) is 16.4. The maximum Gasteiger partial charge on any atom is 0.268 e. The molecule has 6 heteroatoms. The van der Waals surface area contributed by atoms with Crippen LogP contribution in [0.5, 0.6) is 0 Å². The predicted molar refractivity (Wildman–Crippen MR) is 82.4 cm³/mol. The van der Waals surface area contributed by atoms with E-state index in [4.69, 9.17) is 0 Å². The van der Waals surface area contributed by atoms with Crippen LogP contribution in [-0.4, -0.2) is 26.1 Å². The van der Waals surface area contributed by atoms with Gasteiger partial charge in [0, 0.05) is 10.9 Å². The lowest BCUT2D eigenvalue weighted by molar-refractivity contribution is 0.0805. The van der Waals surface area contributed by atoms with Crippen molar-refractivity contribution in [2.75, 3.05) is 0 Å². The molecule has 0 aliphatic heterocycles. The van der Waals surface area contributed by atoms with Gasteiger partial charge < -0.3 is 10.3 Å². The molecule has 0 radical (unpaired) electrons. The molecular weight excluding hydrogens is 278 g/mol. The van der Waals surface area contributed by atoms with Crippen molar-refractivity contribution in [1.29, 1.82) is 0 Å². The summed E-state index contributed by atoms with van der Waals surface area (Å²) >= 11 is 0. The predicted octanol–water partition coefficient (Wildman–Crippen LogP) is 2.40. The molecule has 1 amide bonds. The number of fused-ring (bicyclic) bond motifs is 1. The Kier molecular flexibility index (Phi) is 2.79. The molecule has 2 aromatic heterocycles. The summed E-state index contributed by atoms with van der Waals surface area (Å²) in [6, 6.07) is 7.99. The lowest BCUT2D eigenvalue weighted by Gasteiger charge is -2.40. The van der Waals surface area contributed by atoms with Crippen molar-refractivity contribution in [1.82, 2.24) is 25.5 Å². The summed E-state index contributed by atoms with van der Waals surface area (Å²) in [5, 5.41) is 10.9. The minimum Gasteiger partial charge on any atom is -0.351 e. The number of benzene rings is 1. The van der Waals surface area contributed by atoms with Gasteiger partial charge in [-0.15, -0.1) is 0 Å². The average Bonchev–Trinajstić information content (AvgIpc) is 3.11. The zero-order valence-corrected chi connectivity index (χ0v) is 12.3. The van der Waals surface area contributed by atoms with Crippen LogP contribution in [0.25, 0.3) is 10.9 Å². The number of aromatic amines is 2. The molecule has 1 aliphatic rings. The van der Waals surface area contributed by atoms with Crippen LogP contribution in [0, 0.1) is 6.92 Å². The minimum atomic E-state index is -0.402. The van der Waals surface area contributed by atoms with Gasteiger partial charge in [-0.05, 0) is 43.9 Å². The Morgan fingerprint density at radius 2 is 2.18 bits per heavy atom. The van der Waals surface area contributed by atoms with Gasteiger partial charge in [-0.1, -0.05) is 12.1 Å². The van der Waals surface area contributed by atoms with Crippen molar-refractivity contribution in [3.05, 3.63) is 47.7 Å². The van der Waals surface area contributed by atoms with Crippen LogP contribution in [-0.2, 0) is 5.54 Å². The number of aromatic nitrogens is 4. The molecule has 3 aromatic rings. The second kappa shape index (κ2) is 4.69. The highest BCUT2D eigenvalue weighted by Gasteiger charge is 2.43. The van der Waals surface area contributed by atoms with Crippen LogP contribution < -0.4 is 5.32 Å². The Hall–Kier alpha value is -2.63. The largest absolute Gasteiger partial charge is 0.351 e. The van der Waals surface area contributed by atoms with Gasteiger partial charge in [0.05, 0.1) is 5.54 Å². The van der Waals surface area contributed by atoms with Gasteiger partial charge in [0.1, 0.15) is 17.8 Å². The van der Waals surface area contributed by atoms with E-state index in [2.05, 4.69) is 25.5 Å². The summed E-state index contributed by atoms with van der Waals surface area (Å²) in [5.74, 6) is 0.629. The summed E-state index contributed by atoms with van der Waals surface area (Å²) in [6.07, 6.45) is 4.32. The molecule has 1 saturated carbocycles. The maximum atomic E-state index is 12.6. The number of H-pyrrole nitrogens is 2. The molecule has 3 N–H and O–H groups in total.